The fourth-order valence-corrected chi connectivity index (χ4v) is 3.31. The molecule has 1 aliphatic heterocycles. The number of Topliss-reactive ketones (excluding diaryl/α,β-unsaturated/α-hetero) is 2. The molecule has 0 aromatic rings. The van der Waals surface area contributed by atoms with Gasteiger partial charge in [0, 0.05) is 49.8 Å². The molecule has 2 N–H and O–H groups in total. The third kappa shape index (κ3) is 9.23. The molecule has 2 atom stereocenters. The average Bonchev–Trinajstić information content (AvgIpc) is 3.01. The third-order valence-electron chi connectivity index (χ3n) is 5.17. The lowest BCUT2D eigenvalue weighted by Gasteiger charge is -2.19. The molecule has 172 valence electrons. The van der Waals surface area contributed by atoms with Crippen molar-refractivity contribution >= 4 is 35.3 Å². The second kappa shape index (κ2) is 12.8. The van der Waals surface area contributed by atoms with Crippen LogP contribution in [0.2, 0.25) is 0 Å². The standard InChI is InChI=1S/C22H32N2O7/c1-14(2)22(31)16(8-11-21(29)30)13-17(25)15(3)23-18(26)7-5-4-6-12-24-19(27)9-10-20(24)28/h9-10,14-16H,4-8,11-13H2,1-3H3,(H,23,26)(H,29,30)/t15-,16+/m0/s1. The van der Waals surface area contributed by atoms with Gasteiger partial charge in [-0.3, -0.25) is 33.7 Å². The van der Waals surface area contributed by atoms with Gasteiger partial charge in [-0.2, -0.15) is 0 Å². The fraction of sp³-hybridized carbons (Fsp3) is 0.636. The van der Waals surface area contributed by atoms with Crippen molar-refractivity contribution in [3.63, 3.8) is 0 Å². The summed E-state index contributed by atoms with van der Waals surface area (Å²) in [6.45, 7) is 5.27. The van der Waals surface area contributed by atoms with Gasteiger partial charge in [-0.25, -0.2) is 0 Å². The van der Waals surface area contributed by atoms with Gasteiger partial charge in [-0.1, -0.05) is 20.3 Å². The molecule has 0 saturated heterocycles. The van der Waals surface area contributed by atoms with E-state index in [-0.39, 0.29) is 60.9 Å². The maximum atomic E-state index is 12.5. The second-order valence-electron chi connectivity index (χ2n) is 8.12. The van der Waals surface area contributed by atoms with Crippen molar-refractivity contribution < 1.29 is 33.9 Å². The maximum absolute atomic E-state index is 12.5. The van der Waals surface area contributed by atoms with Crippen LogP contribution in [0.3, 0.4) is 0 Å². The normalized spacial score (nSPS) is 15.3. The zero-order chi connectivity index (χ0) is 23.6. The molecule has 0 fully saturated rings. The number of hydrogen-bond donors (Lipinski definition) is 2. The van der Waals surface area contributed by atoms with Crippen LogP contribution in [-0.4, -0.2) is 57.9 Å². The Morgan fingerprint density at radius 3 is 2.13 bits per heavy atom. The summed E-state index contributed by atoms with van der Waals surface area (Å²) in [6, 6.07) is -0.772. The van der Waals surface area contributed by atoms with Gasteiger partial charge in [0.15, 0.2) is 5.78 Å². The zero-order valence-electron chi connectivity index (χ0n) is 18.4. The molecule has 0 spiro atoms. The van der Waals surface area contributed by atoms with E-state index < -0.39 is 17.9 Å². The third-order valence-corrected chi connectivity index (χ3v) is 5.17. The number of aliphatic carboxylic acids is 1. The van der Waals surface area contributed by atoms with Crippen molar-refractivity contribution in [3.05, 3.63) is 12.2 Å². The Morgan fingerprint density at radius 2 is 1.58 bits per heavy atom. The molecule has 0 aromatic heterocycles. The number of carbonyl (C=O) groups is 6. The van der Waals surface area contributed by atoms with Crippen molar-refractivity contribution in [2.45, 2.75) is 71.8 Å². The number of imide groups is 1. The number of nitrogens with one attached hydrogen (secondary N) is 1. The van der Waals surface area contributed by atoms with Crippen LogP contribution in [0.5, 0.6) is 0 Å². The summed E-state index contributed by atoms with van der Waals surface area (Å²) in [6.07, 6.45) is 4.24. The minimum atomic E-state index is -1.02. The minimum absolute atomic E-state index is 0.0935. The molecule has 0 radical (unpaired) electrons. The molecule has 9 nitrogen and oxygen atoms in total. The molecule has 9 heteroatoms. The Bertz CT molecular complexity index is 724. The van der Waals surface area contributed by atoms with Gasteiger partial charge in [0.1, 0.15) is 5.78 Å². The summed E-state index contributed by atoms with van der Waals surface area (Å²) in [5, 5.41) is 11.5. The molecule has 31 heavy (non-hydrogen) atoms. The molecular weight excluding hydrogens is 404 g/mol. The van der Waals surface area contributed by atoms with E-state index in [1.807, 2.05) is 0 Å². The van der Waals surface area contributed by atoms with Crippen molar-refractivity contribution in [2.75, 3.05) is 6.54 Å². The van der Waals surface area contributed by atoms with Crippen LogP contribution in [0.1, 0.15) is 65.7 Å². The molecule has 0 bridgehead atoms. The summed E-state index contributed by atoms with van der Waals surface area (Å²) in [5.74, 6) is -3.42. The number of nitrogens with zero attached hydrogens (tertiary/aromatic N) is 1. The number of carbonyl (C=O) groups excluding carboxylic acids is 5. The van der Waals surface area contributed by atoms with Crippen molar-refractivity contribution in [1.82, 2.24) is 10.2 Å². The summed E-state index contributed by atoms with van der Waals surface area (Å²) in [4.78, 5) is 71.7. The fourth-order valence-electron chi connectivity index (χ4n) is 3.31. The molecule has 0 aliphatic carbocycles. The summed E-state index contributed by atoms with van der Waals surface area (Å²) >= 11 is 0. The topological polar surface area (TPSA) is 138 Å². The highest BCUT2D eigenvalue weighted by Crippen LogP contribution is 2.19. The minimum Gasteiger partial charge on any atom is -0.481 e. The van der Waals surface area contributed by atoms with Gasteiger partial charge in [-0.05, 0) is 26.2 Å². The van der Waals surface area contributed by atoms with Gasteiger partial charge in [-0.15, -0.1) is 0 Å². The summed E-state index contributed by atoms with van der Waals surface area (Å²) < 4.78 is 0. The van der Waals surface area contributed by atoms with E-state index in [0.717, 1.165) is 4.90 Å². The van der Waals surface area contributed by atoms with Crippen LogP contribution < -0.4 is 5.32 Å². The van der Waals surface area contributed by atoms with Gasteiger partial charge >= 0.3 is 5.97 Å². The number of amides is 3. The van der Waals surface area contributed by atoms with E-state index >= 15 is 0 Å². The Kier molecular flexibility index (Phi) is 10.8. The van der Waals surface area contributed by atoms with Crippen molar-refractivity contribution in [2.24, 2.45) is 11.8 Å². The predicted molar refractivity (Wildman–Crippen MR) is 112 cm³/mol. The highest BCUT2D eigenvalue weighted by molar-refractivity contribution is 6.12. The SMILES string of the molecule is CC(C)C(=O)[C@H](CCC(=O)O)CC(=O)[C@H](C)NC(=O)CCCCCN1C(=O)C=CC1=O. The zero-order valence-corrected chi connectivity index (χ0v) is 18.4. The highest BCUT2D eigenvalue weighted by atomic mass is 16.4. The molecule has 1 rings (SSSR count). The van der Waals surface area contributed by atoms with Crippen LogP contribution in [0.4, 0.5) is 0 Å². The summed E-state index contributed by atoms with van der Waals surface area (Å²) in [7, 11) is 0. The molecular formula is C22H32N2O7. The number of carboxylic acids is 1. The molecule has 0 aromatic carbocycles. The molecule has 1 heterocycles. The Morgan fingerprint density at radius 1 is 0.968 bits per heavy atom. The second-order valence-corrected chi connectivity index (χ2v) is 8.12. The van der Waals surface area contributed by atoms with Gasteiger partial charge in [0.2, 0.25) is 5.91 Å². The summed E-state index contributed by atoms with van der Waals surface area (Å²) in [5.41, 5.74) is 0. The van der Waals surface area contributed by atoms with Crippen LogP contribution in [-0.2, 0) is 28.8 Å². The first kappa shape index (κ1) is 26.2. The highest BCUT2D eigenvalue weighted by Gasteiger charge is 2.27. The van der Waals surface area contributed by atoms with Crippen LogP contribution >= 0.6 is 0 Å². The lowest BCUT2D eigenvalue weighted by Crippen LogP contribution is -2.40. The quantitative estimate of drug-likeness (QED) is 0.294. The van der Waals surface area contributed by atoms with Crippen LogP contribution in [0, 0.1) is 11.8 Å². The van der Waals surface area contributed by atoms with Gasteiger partial charge < -0.3 is 10.4 Å². The number of unbranched alkanes of at least 4 members (excludes halogenated alkanes) is 2. The number of carboxylic acid groups (broad SMARTS) is 1. The average molecular weight is 437 g/mol. The monoisotopic (exact) mass is 436 g/mol. The van der Waals surface area contributed by atoms with Crippen LogP contribution in [0.25, 0.3) is 0 Å². The van der Waals surface area contributed by atoms with Gasteiger partial charge in [0.25, 0.3) is 11.8 Å². The van der Waals surface area contributed by atoms with Gasteiger partial charge in [0.05, 0.1) is 6.04 Å². The van der Waals surface area contributed by atoms with Crippen molar-refractivity contribution in [1.29, 1.82) is 0 Å². The lowest BCUT2D eigenvalue weighted by molar-refractivity contribution is -0.139. The first-order chi connectivity index (χ1) is 14.5. The number of ketones is 2. The van der Waals surface area contributed by atoms with E-state index in [1.54, 1.807) is 20.8 Å². The van der Waals surface area contributed by atoms with Crippen molar-refractivity contribution in [3.8, 4) is 0 Å². The molecule has 0 unspecified atom stereocenters. The number of hydrogen-bond acceptors (Lipinski definition) is 6. The largest absolute Gasteiger partial charge is 0.481 e. The Labute approximate surface area is 182 Å². The predicted octanol–water partition coefficient (Wildman–Crippen LogP) is 1.64. The number of rotatable bonds is 15. The first-order valence-corrected chi connectivity index (χ1v) is 10.6. The first-order valence-electron chi connectivity index (χ1n) is 10.6. The molecule has 1 aliphatic rings. The van der Waals surface area contributed by atoms with E-state index in [4.69, 9.17) is 5.11 Å². The van der Waals surface area contributed by atoms with E-state index in [2.05, 4.69) is 5.32 Å². The Hall–Kier alpha value is -2.84. The van der Waals surface area contributed by atoms with Crippen LogP contribution in [0.15, 0.2) is 12.2 Å². The maximum Gasteiger partial charge on any atom is 0.303 e. The molecule has 3 amide bonds. The smallest absolute Gasteiger partial charge is 0.303 e. The molecule has 0 saturated carbocycles. The van der Waals surface area contributed by atoms with E-state index in [9.17, 15) is 28.8 Å². The van der Waals surface area contributed by atoms with E-state index in [1.165, 1.54) is 12.2 Å². The van der Waals surface area contributed by atoms with E-state index in [0.29, 0.717) is 25.8 Å². The lowest BCUT2D eigenvalue weighted by atomic mass is 9.86. The Balaban J connectivity index is 2.36.